The van der Waals surface area contributed by atoms with Gasteiger partial charge in [0.15, 0.2) is 17.5 Å². The molecule has 0 radical (unpaired) electrons. The molecule has 3 heterocycles. The largest absolute Gasteiger partial charge is 0.351 e. The Bertz CT molecular complexity index is 1410. The van der Waals surface area contributed by atoms with Crippen molar-refractivity contribution >= 4 is 36.9 Å². The number of H-pyrrole nitrogens is 2. The summed E-state index contributed by atoms with van der Waals surface area (Å²) in [7, 11) is -3.77. The molecular weight excluding hydrogens is 490 g/mol. The summed E-state index contributed by atoms with van der Waals surface area (Å²) in [5.74, 6) is -1.63. The maximum absolute atomic E-state index is 13.7. The Labute approximate surface area is 185 Å². The van der Waals surface area contributed by atoms with E-state index >= 15 is 0 Å². The standard InChI is InChI=1S/C21H17BrF2N4O2S/c22-13-4-6-17-14(10-13)20(31(29,30)28-7-1-2-8-28)19(26-17)21-25-11-18(27-21)12-3-5-15(23)16(24)9-12/h3-6,9-11,26H,1-2,7-8H2,(H,25,27). The van der Waals surface area contributed by atoms with Gasteiger partial charge in [-0.2, -0.15) is 4.31 Å². The van der Waals surface area contributed by atoms with Crippen LogP contribution in [0.2, 0.25) is 0 Å². The second kappa shape index (κ2) is 7.54. The number of aromatic nitrogens is 3. The smallest absolute Gasteiger partial charge is 0.245 e. The van der Waals surface area contributed by atoms with Crippen LogP contribution in [0.1, 0.15) is 12.8 Å². The van der Waals surface area contributed by atoms with Gasteiger partial charge >= 0.3 is 0 Å². The van der Waals surface area contributed by atoms with E-state index in [4.69, 9.17) is 0 Å². The van der Waals surface area contributed by atoms with Crippen molar-refractivity contribution in [1.29, 1.82) is 0 Å². The van der Waals surface area contributed by atoms with Crippen molar-refractivity contribution in [3.8, 4) is 22.8 Å². The Morgan fingerprint density at radius 3 is 2.55 bits per heavy atom. The van der Waals surface area contributed by atoms with E-state index in [0.717, 1.165) is 29.4 Å². The quantitative estimate of drug-likeness (QED) is 0.406. The van der Waals surface area contributed by atoms with E-state index in [2.05, 4.69) is 30.9 Å². The maximum Gasteiger partial charge on any atom is 0.245 e. The molecule has 160 valence electrons. The second-order valence-corrected chi connectivity index (χ2v) is 10.2. The number of halogens is 3. The van der Waals surface area contributed by atoms with Gasteiger partial charge in [0.05, 0.1) is 5.69 Å². The molecule has 31 heavy (non-hydrogen) atoms. The van der Waals surface area contributed by atoms with E-state index in [1.54, 1.807) is 12.1 Å². The molecule has 1 saturated heterocycles. The molecule has 0 amide bonds. The van der Waals surface area contributed by atoms with E-state index in [-0.39, 0.29) is 4.90 Å². The average molecular weight is 507 g/mol. The molecule has 6 nitrogen and oxygen atoms in total. The zero-order chi connectivity index (χ0) is 21.8. The van der Waals surface area contributed by atoms with Gasteiger partial charge in [0.25, 0.3) is 0 Å². The number of rotatable bonds is 4. The number of hydrogen-bond donors (Lipinski definition) is 2. The van der Waals surface area contributed by atoms with Crippen molar-refractivity contribution in [2.24, 2.45) is 0 Å². The first kappa shape index (κ1) is 20.3. The topological polar surface area (TPSA) is 81.8 Å². The van der Waals surface area contributed by atoms with E-state index < -0.39 is 21.7 Å². The maximum atomic E-state index is 13.7. The van der Waals surface area contributed by atoms with Gasteiger partial charge in [-0.1, -0.05) is 15.9 Å². The van der Waals surface area contributed by atoms with Crippen LogP contribution in [0, 0.1) is 11.6 Å². The molecular formula is C21H17BrF2N4O2S. The summed E-state index contributed by atoms with van der Waals surface area (Å²) < 4.78 is 56.2. The summed E-state index contributed by atoms with van der Waals surface area (Å²) >= 11 is 3.42. The van der Waals surface area contributed by atoms with Crippen LogP contribution < -0.4 is 0 Å². The summed E-state index contributed by atoms with van der Waals surface area (Å²) in [6.45, 7) is 0.946. The van der Waals surface area contributed by atoms with Crippen LogP contribution >= 0.6 is 15.9 Å². The fraction of sp³-hybridized carbons (Fsp3) is 0.190. The van der Waals surface area contributed by atoms with Gasteiger partial charge in [0.2, 0.25) is 10.0 Å². The van der Waals surface area contributed by atoms with E-state index in [1.165, 1.54) is 16.6 Å². The molecule has 2 aromatic heterocycles. The lowest BCUT2D eigenvalue weighted by atomic mass is 10.1. The van der Waals surface area contributed by atoms with E-state index in [9.17, 15) is 17.2 Å². The molecule has 1 fully saturated rings. The normalized spacial score (nSPS) is 15.2. The van der Waals surface area contributed by atoms with E-state index in [1.807, 2.05) is 6.07 Å². The minimum atomic E-state index is -3.77. The van der Waals surface area contributed by atoms with Crippen LogP contribution in [0.5, 0.6) is 0 Å². The van der Waals surface area contributed by atoms with Gasteiger partial charge in [-0.3, -0.25) is 0 Å². The number of nitrogens with one attached hydrogen (secondary N) is 2. The average Bonchev–Trinajstić information content (AvgIpc) is 3.49. The van der Waals surface area contributed by atoms with Crippen molar-refractivity contribution in [2.75, 3.05) is 13.1 Å². The molecule has 0 spiro atoms. The molecule has 2 N–H and O–H groups in total. The molecule has 2 aromatic carbocycles. The fourth-order valence-corrected chi connectivity index (χ4v) is 6.10. The molecule has 0 atom stereocenters. The fourth-order valence-electron chi connectivity index (χ4n) is 3.88. The van der Waals surface area contributed by atoms with Crippen molar-refractivity contribution in [3.05, 3.63) is 58.7 Å². The highest BCUT2D eigenvalue weighted by molar-refractivity contribution is 9.10. The number of benzene rings is 2. The monoisotopic (exact) mass is 506 g/mol. The third-order valence-corrected chi connectivity index (χ3v) is 7.88. The first-order chi connectivity index (χ1) is 14.8. The lowest BCUT2D eigenvalue weighted by Gasteiger charge is -2.16. The van der Waals surface area contributed by atoms with E-state index in [0.29, 0.717) is 46.8 Å². The summed E-state index contributed by atoms with van der Waals surface area (Å²) in [5.41, 5.74) is 1.73. The molecule has 10 heteroatoms. The third-order valence-electron chi connectivity index (χ3n) is 5.41. The Morgan fingerprint density at radius 1 is 1.03 bits per heavy atom. The number of nitrogens with zero attached hydrogens (tertiary/aromatic N) is 2. The van der Waals surface area contributed by atoms with Gasteiger partial charge in [-0.05, 0) is 49.2 Å². The summed E-state index contributed by atoms with van der Waals surface area (Å²) in [6.07, 6.45) is 3.18. The zero-order valence-corrected chi connectivity index (χ0v) is 18.5. The molecule has 0 aliphatic carbocycles. The molecule has 1 aliphatic rings. The van der Waals surface area contributed by atoms with Crippen LogP contribution in [0.4, 0.5) is 8.78 Å². The minimum absolute atomic E-state index is 0.150. The minimum Gasteiger partial charge on any atom is -0.351 e. The van der Waals surface area contributed by atoms with Crippen LogP contribution in [-0.4, -0.2) is 40.8 Å². The Morgan fingerprint density at radius 2 is 1.81 bits per heavy atom. The second-order valence-electron chi connectivity index (χ2n) is 7.39. The number of sulfonamides is 1. The number of hydrogen-bond acceptors (Lipinski definition) is 3. The Balaban J connectivity index is 1.69. The molecule has 0 unspecified atom stereocenters. The molecule has 0 saturated carbocycles. The number of imidazole rings is 1. The van der Waals surface area contributed by atoms with Gasteiger partial charge in [-0.15, -0.1) is 0 Å². The lowest BCUT2D eigenvalue weighted by Crippen LogP contribution is -2.28. The first-order valence-electron chi connectivity index (χ1n) is 9.67. The van der Waals surface area contributed by atoms with Crippen LogP contribution in [-0.2, 0) is 10.0 Å². The van der Waals surface area contributed by atoms with Crippen molar-refractivity contribution < 1.29 is 17.2 Å². The third kappa shape index (κ3) is 3.48. The SMILES string of the molecule is O=S(=O)(c1c(-c2nc(-c3ccc(F)c(F)c3)c[nH]2)[nH]c2ccc(Br)cc12)N1CCCC1. The highest BCUT2D eigenvalue weighted by atomic mass is 79.9. The summed E-state index contributed by atoms with van der Waals surface area (Å²) in [6, 6.07) is 8.89. The van der Waals surface area contributed by atoms with Gasteiger partial charge in [0.1, 0.15) is 10.6 Å². The van der Waals surface area contributed by atoms with Gasteiger partial charge in [0, 0.05) is 40.2 Å². The Kier molecular flexibility index (Phi) is 4.95. The lowest BCUT2D eigenvalue weighted by molar-refractivity contribution is 0.478. The van der Waals surface area contributed by atoms with Crippen molar-refractivity contribution in [2.45, 2.75) is 17.7 Å². The summed E-state index contributed by atoms with van der Waals surface area (Å²) in [4.78, 5) is 10.8. The van der Waals surface area contributed by atoms with Crippen molar-refractivity contribution in [1.82, 2.24) is 19.3 Å². The number of fused-ring (bicyclic) bond motifs is 1. The molecule has 1 aliphatic heterocycles. The predicted molar refractivity (Wildman–Crippen MR) is 117 cm³/mol. The van der Waals surface area contributed by atoms with Crippen LogP contribution in [0.15, 0.2) is 52.0 Å². The van der Waals surface area contributed by atoms with Crippen LogP contribution in [0.3, 0.4) is 0 Å². The van der Waals surface area contributed by atoms with Crippen molar-refractivity contribution in [3.63, 3.8) is 0 Å². The molecule has 5 rings (SSSR count). The predicted octanol–water partition coefficient (Wildman–Crippen LogP) is 5.05. The zero-order valence-electron chi connectivity index (χ0n) is 16.1. The number of aromatic amines is 2. The highest BCUT2D eigenvalue weighted by Gasteiger charge is 2.33. The first-order valence-corrected chi connectivity index (χ1v) is 11.9. The van der Waals surface area contributed by atoms with Gasteiger partial charge < -0.3 is 9.97 Å². The Hall–Kier alpha value is -2.56. The molecule has 0 bridgehead atoms. The van der Waals surface area contributed by atoms with Crippen LogP contribution in [0.25, 0.3) is 33.7 Å². The highest BCUT2D eigenvalue weighted by Crippen LogP contribution is 2.37. The molecule has 4 aromatic rings. The van der Waals surface area contributed by atoms with Gasteiger partial charge in [-0.25, -0.2) is 22.2 Å². The summed E-state index contributed by atoms with van der Waals surface area (Å²) in [5, 5.41) is 0.557.